The summed E-state index contributed by atoms with van der Waals surface area (Å²) in [6.07, 6.45) is 0.673. The minimum atomic E-state index is -0.0836. The summed E-state index contributed by atoms with van der Waals surface area (Å²) in [7, 11) is 1.64. The molecule has 0 aliphatic heterocycles. The van der Waals surface area contributed by atoms with E-state index in [1.54, 1.807) is 18.4 Å². The zero-order chi connectivity index (χ0) is 21.6. The molecule has 0 atom stereocenters. The third-order valence-electron chi connectivity index (χ3n) is 4.58. The van der Waals surface area contributed by atoms with Crippen molar-refractivity contribution in [1.82, 2.24) is 14.8 Å². The quantitative estimate of drug-likeness (QED) is 0.384. The smallest absolute Gasteiger partial charge is 0.234 e. The fourth-order valence-electron chi connectivity index (χ4n) is 3.12. The van der Waals surface area contributed by atoms with E-state index >= 15 is 0 Å². The molecule has 0 aliphatic rings. The van der Waals surface area contributed by atoms with Crippen molar-refractivity contribution in [2.75, 3.05) is 18.2 Å². The number of nitrogens with one attached hydrogen (secondary N) is 1. The van der Waals surface area contributed by atoms with Gasteiger partial charge in [-0.05, 0) is 60.3 Å². The van der Waals surface area contributed by atoms with Gasteiger partial charge in [-0.1, -0.05) is 30.0 Å². The number of hydrogen-bond donors (Lipinski definition) is 1. The molecule has 0 aliphatic carbocycles. The van der Waals surface area contributed by atoms with E-state index in [1.807, 2.05) is 66.1 Å². The number of nitrogens with zero attached hydrogens (tertiary/aromatic N) is 3. The summed E-state index contributed by atoms with van der Waals surface area (Å²) in [6, 6.07) is 19.6. The van der Waals surface area contributed by atoms with Crippen LogP contribution in [0.25, 0.3) is 5.69 Å². The summed E-state index contributed by atoms with van der Waals surface area (Å²) in [5.41, 5.74) is 2.82. The molecule has 0 radical (unpaired) electrons. The molecular formula is C23H22N4O2S2. The molecule has 1 N–H and O–H groups in total. The molecule has 0 fully saturated rings. The molecule has 6 nitrogen and oxygen atoms in total. The highest BCUT2D eigenvalue weighted by Crippen LogP contribution is 2.26. The molecule has 158 valence electrons. The largest absolute Gasteiger partial charge is 0.497 e. The average Bonchev–Trinajstić information content (AvgIpc) is 3.43. The summed E-state index contributed by atoms with van der Waals surface area (Å²) in [5, 5.41) is 14.5. The van der Waals surface area contributed by atoms with Gasteiger partial charge in [-0.2, -0.15) is 0 Å². The van der Waals surface area contributed by atoms with Gasteiger partial charge in [0.2, 0.25) is 5.91 Å². The third kappa shape index (κ3) is 5.34. The number of methoxy groups -OCH3 is 1. The maximum atomic E-state index is 12.5. The molecule has 0 saturated heterocycles. The van der Waals surface area contributed by atoms with Gasteiger partial charge in [-0.15, -0.1) is 21.5 Å². The van der Waals surface area contributed by atoms with Crippen molar-refractivity contribution in [3.05, 3.63) is 82.3 Å². The van der Waals surface area contributed by atoms with E-state index in [0.29, 0.717) is 11.6 Å². The van der Waals surface area contributed by atoms with E-state index in [-0.39, 0.29) is 11.7 Å². The predicted octanol–water partition coefficient (Wildman–Crippen LogP) is 4.97. The zero-order valence-electron chi connectivity index (χ0n) is 17.2. The summed E-state index contributed by atoms with van der Waals surface area (Å²) in [6.45, 7) is 2.00. The SMILES string of the molecule is COc1ccc(-n2c(Cc3cccs3)nnc2SCC(=O)Nc2cccc(C)c2)cc1. The van der Waals surface area contributed by atoms with Crippen LogP contribution in [0.1, 0.15) is 16.3 Å². The molecule has 0 saturated carbocycles. The first kappa shape index (κ1) is 21.1. The maximum Gasteiger partial charge on any atom is 0.234 e. The van der Waals surface area contributed by atoms with Crippen LogP contribution in [0.3, 0.4) is 0 Å². The van der Waals surface area contributed by atoms with Crippen LogP contribution in [0.5, 0.6) is 5.75 Å². The van der Waals surface area contributed by atoms with Crippen LogP contribution >= 0.6 is 23.1 Å². The number of aryl methyl sites for hydroxylation is 1. The number of carbonyl (C=O) groups is 1. The van der Waals surface area contributed by atoms with Crippen molar-refractivity contribution in [1.29, 1.82) is 0 Å². The Morgan fingerprint density at radius 3 is 2.68 bits per heavy atom. The summed E-state index contributed by atoms with van der Waals surface area (Å²) in [5.74, 6) is 1.76. The number of anilines is 1. The Labute approximate surface area is 189 Å². The van der Waals surface area contributed by atoms with Crippen molar-refractivity contribution in [2.24, 2.45) is 0 Å². The van der Waals surface area contributed by atoms with Gasteiger partial charge >= 0.3 is 0 Å². The third-order valence-corrected chi connectivity index (χ3v) is 6.38. The maximum absolute atomic E-state index is 12.5. The van der Waals surface area contributed by atoms with E-state index in [1.165, 1.54) is 16.6 Å². The molecule has 2 aromatic carbocycles. The van der Waals surface area contributed by atoms with E-state index in [0.717, 1.165) is 28.5 Å². The Bertz CT molecular complexity index is 1150. The number of amides is 1. The Morgan fingerprint density at radius 1 is 1.13 bits per heavy atom. The molecule has 0 bridgehead atoms. The molecule has 4 aromatic rings. The first-order valence-corrected chi connectivity index (χ1v) is 11.6. The van der Waals surface area contributed by atoms with Crippen LogP contribution in [-0.4, -0.2) is 33.5 Å². The number of thioether (sulfide) groups is 1. The number of benzene rings is 2. The molecule has 0 unspecified atom stereocenters. The predicted molar refractivity (Wildman–Crippen MR) is 126 cm³/mol. The lowest BCUT2D eigenvalue weighted by Crippen LogP contribution is -2.14. The number of hydrogen-bond acceptors (Lipinski definition) is 6. The van der Waals surface area contributed by atoms with Crippen molar-refractivity contribution in [3.8, 4) is 11.4 Å². The van der Waals surface area contributed by atoms with Gasteiger partial charge in [-0.3, -0.25) is 9.36 Å². The lowest BCUT2D eigenvalue weighted by molar-refractivity contribution is -0.113. The minimum Gasteiger partial charge on any atom is -0.497 e. The minimum absolute atomic E-state index is 0.0836. The normalized spacial score (nSPS) is 10.8. The monoisotopic (exact) mass is 450 g/mol. The highest BCUT2D eigenvalue weighted by atomic mass is 32.2. The van der Waals surface area contributed by atoms with E-state index in [9.17, 15) is 4.79 Å². The Hall–Kier alpha value is -3.10. The molecule has 2 aromatic heterocycles. The van der Waals surface area contributed by atoms with Gasteiger partial charge in [0.25, 0.3) is 0 Å². The highest BCUT2D eigenvalue weighted by molar-refractivity contribution is 7.99. The molecule has 0 spiro atoms. The topological polar surface area (TPSA) is 69.0 Å². The lowest BCUT2D eigenvalue weighted by Gasteiger charge is -2.11. The first-order valence-electron chi connectivity index (χ1n) is 9.73. The van der Waals surface area contributed by atoms with Crippen LogP contribution in [0.2, 0.25) is 0 Å². The summed E-state index contributed by atoms with van der Waals surface area (Å²) in [4.78, 5) is 13.7. The summed E-state index contributed by atoms with van der Waals surface area (Å²) < 4.78 is 7.28. The second-order valence-electron chi connectivity index (χ2n) is 6.89. The number of thiophene rings is 1. The zero-order valence-corrected chi connectivity index (χ0v) is 18.9. The summed E-state index contributed by atoms with van der Waals surface area (Å²) >= 11 is 3.05. The Kier molecular flexibility index (Phi) is 6.69. The van der Waals surface area contributed by atoms with Crippen LogP contribution < -0.4 is 10.1 Å². The Morgan fingerprint density at radius 2 is 1.97 bits per heavy atom. The fourth-order valence-corrected chi connectivity index (χ4v) is 4.59. The molecule has 1 amide bonds. The fraction of sp³-hybridized carbons (Fsp3) is 0.174. The molecule has 4 rings (SSSR count). The number of aromatic nitrogens is 3. The second-order valence-corrected chi connectivity index (χ2v) is 8.87. The molecular weight excluding hydrogens is 428 g/mol. The van der Waals surface area contributed by atoms with Gasteiger partial charge in [0.1, 0.15) is 11.6 Å². The van der Waals surface area contributed by atoms with Gasteiger partial charge in [-0.25, -0.2) is 0 Å². The van der Waals surface area contributed by atoms with Gasteiger partial charge in [0, 0.05) is 22.7 Å². The standard InChI is InChI=1S/C23H22N4O2S2/c1-16-5-3-6-17(13-16)24-22(28)15-31-23-26-25-21(14-20-7-4-12-30-20)27(23)18-8-10-19(29-2)11-9-18/h3-13H,14-15H2,1-2H3,(H,24,28). The van der Waals surface area contributed by atoms with Crippen molar-refractivity contribution in [3.63, 3.8) is 0 Å². The Balaban J connectivity index is 1.54. The van der Waals surface area contributed by atoms with Gasteiger partial charge in [0.15, 0.2) is 5.16 Å². The van der Waals surface area contributed by atoms with Gasteiger partial charge in [0.05, 0.1) is 12.9 Å². The number of ether oxygens (including phenoxy) is 1. The van der Waals surface area contributed by atoms with E-state index in [4.69, 9.17) is 4.74 Å². The van der Waals surface area contributed by atoms with E-state index in [2.05, 4.69) is 27.0 Å². The lowest BCUT2D eigenvalue weighted by atomic mass is 10.2. The van der Waals surface area contributed by atoms with Crippen LogP contribution in [0.4, 0.5) is 5.69 Å². The molecule has 2 heterocycles. The molecule has 31 heavy (non-hydrogen) atoms. The number of carbonyl (C=O) groups excluding carboxylic acids is 1. The second kappa shape index (κ2) is 9.80. The number of rotatable bonds is 8. The van der Waals surface area contributed by atoms with E-state index < -0.39 is 0 Å². The van der Waals surface area contributed by atoms with Crippen LogP contribution in [0.15, 0.2) is 71.2 Å². The van der Waals surface area contributed by atoms with Crippen LogP contribution in [0, 0.1) is 6.92 Å². The van der Waals surface area contributed by atoms with Crippen molar-refractivity contribution >= 4 is 34.7 Å². The molecule has 8 heteroatoms. The van der Waals surface area contributed by atoms with Crippen molar-refractivity contribution < 1.29 is 9.53 Å². The van der Waals surface area contributed by atoms with Crippen molar-refractivity contribution in [2.45, 2.75) is 18.5 Å². The average molecular weight is 451 g/mol. The van der Waals surface area contributed by atoms with Gasteiger partial charge < -0.3 is 10.1 Å². The highest BCUT2D eigenvalue weighted by Gasteiger charge is 2.17. The van der Waals surface area contributed by atoms with Crippen LogP contribution in [-0.2, 0) is 11.2 Å². The first-order chi connectivity index (χ1) is 15.1.